The SMILES string of the molecule is CCCn1c(=O)c2c(nc(-c3cnn(Cc4cccc(C(F)(F)F)c4)c3)n2C(CC)OC(=O)OCCOCCOCCOC)n(CC)c1=O. The standard InChI is InChI=1S/C32H41F3N6O8/c1-5-11-40-29(42)26-28(39(7-3)30(40)43)37-27(23-19-36-38(21-23)20-22-9-8-10-24(18-22)32(33,34)35)41(26)25(6-2)49-31(44)48-17-16-47-15-14-46-13-12-45-4/h8-10,18-19,21,25H,5-7,11-17,20H2,1-4H3. The Labute approximate surface area is 279 Å². The Morgan fingerprint density at radius 1 is 0.980 bits per heavy atom. The zero-order valence-electron chi connectivity index (χ0n) is 27.9. The molecule has 0 aliphatic rings. The number of rotatable bonds is 18. The van der Waals surface area contributed by atoms with Gasteiger partial charge >= 0.3 is 18.0 Å². The number of methoxy groups -OCH3 is 1. The molecule has 268 valence electrons. The summed E-state index contributed by atoms with van der Waals surface area (Å²) in [5, 5.41) is 4.32. The lowest BCUT2D eigenvalue weighted by atomic mass is 10.1. The van der Waals surface area contributed by atoms with Crippen LogP contribution < -0.4 is 11.2 Å². The van der Waals surface area contributed by atoms with Gasteiger partial charge in [-0.3, -0.25) is 23.2 Å². The number of alkyl halides is 3. The van der Waals surface area contributed by atoms with Gasteiger partial charge in [0.1, 0.15) is 12.4 Å². The largest absolute Gasteiger partial charge is 0.510 e. The van der Waals surface area contributed by atoms with E-state index in [4.69, 9.17) is 23.7 Å². The summed E-state index contributed by atoms with van der Waals surface area (Å²) in [6.45, 7) is 7.18. The van der Waals surface area contributed by atoms with Gasteiger partial charge in [-0.2, -0.15) is 18.3 Å². The third-order valence-corrected chi connectivity index (χ3v) is 7.43. The Morgan fingerprint density at radius 2 is 1.69 bits per heavy atom. The predicted octanol–water partition coefficient (Wildman–Crippen LogP) is 4.46. The topological polar surface area (TPSA) is 143 Å². The Morgan fingerprint density at radius 3 is 2.35 bits per heavy atom. The van der Waals surface area contributed by atoms with Crippen molar-refractivity contribution in [3.05, 3.63) is 68.6 Å². The monoisotopic (exact) mass is 694 g/mol. The van der Waals surface area contributed by atoms with Crippen LogP contribution in [0.15, 0.2) is 46.2 Å². The van der Waals surface area contributed by atoms with Crippen LogP contribution in [0.3, 0.4) is 0 Å². The zero-order chi connectivity index (χ0) is 35.6. The summed E-state index contributed by atoms with van der Waals surface area (Å²) in [6.07, 6.45) is -2.94. The number of aryl methyl sites for hydroxylation is 1. The van der Waals surface area contributed by atoms with Crippen molar-refractivity contribution in [1.29, 1.82) is 0 Å². The lowest BCUT2D eigenvalue weighted by Gasteiger charge is -2.20. The number of carbonyl (C=O) groups is 1. The number of carbonyl (C=O) groups excluding carboxylic acids is 1. The van der Waals surface area contributed by atoms with Crippen LogP contribution in [0.1, 0.15) is 51.0 Å². The van der Waals surface area contributed by atoms with Crippen LogP contribution in [0.5, 0.6) is 0 Å². The lowest BCUT2D eigenvalue weighted by molar-refractivity contribution is -0.137. The summed E-state index contributed by atoms with van der Waals surface area (Å²) in [6, 6.07) is 4.90. The first kappa shape index (κ1) is 37.3. The summed E-state index contributed by atoms with van der Waals surface area (Å²) in [4.78, 5) is 44.7. The van der Waals surface area contributed by atoms with Gasteiger partial charge in [0.15, 0.2) is 17.4 Å². The second-order valence-electron chi connectivity index (χ2n) is 10.9. The van der Waals surface area contributed by atoms with Crippen LogP contribution in [0.4, 0.5) is 18.0 Å². The highest BCUT2D eigenvalue weighted by Gasteiger charge is 2.31. The van der Waals surface area contributed by atoms with Gasteiger partial charge in [-0.15, -0.1) is 0 Å². The Bertz CT molecular complexity index is 1810. The first-order valence-corrected chi connectivity index (χ1v) is 16.0. The molecule has 4 rings (SSSR count). The number of benzene rings is 1. The average Bonchev–Trinajstić information content (AvgIpc) is 3.70. The fourth-order valence-corrected chi connectivity index (χ4v) is 5.16. The van der Waals surface area contributed by atoms with Crippen LogP contribution >= 0.6 is 0 Å². The van der Waals surface area contributed by atoms with Crippen molar-refractivity contribution in [3.63, 3.8) is 0 Å². The summed E-state index contributed by atoms with van der Waals surface area (Å²) in [5.41, 5.74) is -1.08. The van der Waals surface area contributed by atoms with E-state index in [2.05, 4.69) is 10.1 Å². The molecule has 3 aromatic heterocycles. The highest BCUT2D eigenvalue weighted by Crippen LogP contribution is 2.31. The van der Waals surface area contributed by atoms with Gasteiger partial charge in [0.25, 0.3) is 5.56 Å². The van der Waals surface area contributed by atoms with Gasteiger partial charge in [0, 0.05) is 32.8 Å². The number of hydrogen-bond donors (Lipinski definition) is 0. The number of aromatic nitrogens is 6. The minimum absolute atomic E-state index is 0.00844. The van der Waals surface area contributed by atoms with E-state index in [-0.39, 0.29) is 62.9 Å². The zero-order valence-corrected chi connectivity index (χ0v) is 27.9. The number of imidazole rings is 1. The molecule has 0 saturated carbocycles. The van der Waals surface area contributed by atoms with E-state index in [1.165, 1.54) is 26.1 Å². The second-order valence-corrected chi connectivity index (χ2v) is 10.9. The molecule has 0 saturated heterocycles. The summed E-state index contributed by atoms with van der Waals surface area (Å²) in [5.74, 6) is 0.162. The fraction of sp³-hybridized carbons (Fsp3) is 0.531. The molecule has 17 heteroatoms. The maximum Gasteiger partial charge on any atom is 0.510 e. The van der Waals surface area contributed by atoms with E-state index in [9.17, 15) is 27.6 Å². The van der Waals surface area contributed by atoms with Gasteiger partial charge < -0.3 is 23.7 Å². The lowest BCUT2D eigenvalue weighted by Crippen LogP contribution is -2.40. The van der Waals surface area contributed by atoms with Crippen LogP contribution in [-0.4, -0.2) is 81.4 Å². The molecule has 0 aliphatic carbocycles. The summed E-state index contributed by atoms with van der Waals surface area (Å²) >= 11 is 0. The van der Waals surface area contributed by atoms with Crippen LogP contribution in [0, 0.1) is 0 Å². The van der Waals surface area contributed by atoms with E-state index in [1.807, 2.05) is 6.92 Å². The van der Waals surface area contributed by atoms with Gasteiger partial charge in [-0.25, -0.2) is 14.6 Å². The summed E-state index contributed by atoms with van der Waals surface area (Å²) < 4.78 is 71.8. The predicted molar refractivity (Wildman–Crippen MR) is 171 cm³/mol. The molecule has 1 aromatic carbocycles. The van der Waals surface area contributed by atoms with Gasteiger partial charge in [-0.1, -0.05) is 26.0 Å². The Balaban J connectivity index is 1.66. The molecule has 0 N–H and O–H groups in total. The minimum atomic E-state index is -4.50. The molecule has 3 heterocycles. The van der Waals surface area contributed by atoms with Crippen molar-refractivity contribution in [3.8, 4) is 11.4 Å². The average molecular weight is 695 g/mol. The first-order chi connectivity index (χ1) is 23.5. The van der Waals surface area contributed by atoms with E-state index in [0.29, 0.717) is 37.4 Å². The molecule has 1 unspecified atom stereocenters. The van der Waals surface area contributed by atoms with Crippen molar-refractivity contribution in [2.24, 2.45) is 0 Å². The molecule has 0 amide bonds. The van der Waals surface area contributed by atoms with Gasteiger partial charge in [0.05, 0.1) is 56.9 Å². The second kappa shape index (κ2) is 17.3. The molecule has 0 aliphatic heterocycles. The molecule has 0 spiro atoms. The first-order valence-electron chi connectivity index (χ1n) is 16.0. The van der Waals surface area contributed by atoms with Crippen LogP contribution in [0.2, 0.25) is 0 Å². The number of halogens is 3. The van der Waals surface area contributed by atoms with E-state index in [1.54, 1.807) is 33.2 Å². The fourth-order valence-electron chi connectivity index (χ4n) is 5.16. The number of ether oxygens (including phenoxy) is 5. The summed E-state index contributed by atoms with van der Waals surface area (Å²) in [7, 11) is 1.57. The maximum atomic E-state index is 13.9. The minimum Gasteiger partial charge on any atom is -0.432 e. The van der Waals surface area contributed by atoms with Crippen molar-refractivity contribution in [2.45, 2.75) is 65.7 Å². The molecule has 0 fully saturated rings. The van der Waals surface area contributed by atoms with Crippen molar-refractivity contribution in [2.75, 3.05) is 46.8 Å². The Kier molecular flexibility index (Phi) is 13.2. The highest BCUT2D eigenvalue weighted by molar-refractivity contribution is 5.77. The number of nitrogens with zero attached hydrogens (tertiary/aromatic N) is 6. The number of fused-ring (bicyclic) bond motifs is 1. The molecule has 14 nitrogen and oxygen atoms in total. The van der Waals surface area contributed by atoms with Crippen LogP contribution in [-0.2, 0) is 49.5 Å². The van der Waals surface area contributed by atoms with Crippen molar-refractivity contribution >= 4 is 17.3 Å². The molecule has 49 heavy (non-hydrogen) atoms. The smallest absolute Gasteiger partial charge is 0.432 e. The van der Waals surface area contributed by atoms with E-state index in [0.717, 1.165) is 16.7 Å². The normalized spacial score (nSPS) is 12.5. The Hall–Kier alpha value is -4.48. The number of hydrogen-bond acceptors (Lipinski definition) is 10. The van der Waals surface area contributed by atoms with E-state index >= 15 is 0 Å². The molecule has 0 radical (unpaired) electrons. The molecule has 4 aromatic rings. The third-order valence-electron chi connectivity index (χ3n) is 7.43. The molecule has 0 bridgehead atoms. The van der Waals surface area contributed by atoms with Crippen molar-refractivity contribution < 1.29 is 41.7 Å². The molecule has 1 atom stereocenters. The molecular formula is C32H41F3N6O8. The van der Waals surface area contributed by atoms with E-state index < -0.39 is 35.4 Å². The highest BCUT2D eigenvalue weighted by atomic mass is 19.4. The maximum absolute atomic E-state index is 13.9. The van der Waals surface area contributed by atoms with Gasteiger partial charge in [0.2, 0.25) is 0 Å². The third kappa shape index (κ3) is 9.16. The van der Waals surface area contributed by atoms with Gasteiger partial charge in [-0.05, 0) is 31.0 Å². The van der Waals surface area contributed by atoms with Crippen LogP contribution in [0.25, 0.3) is 22.6 Å². The quantitative estimate of drug-likeness (QED) is 0.108. The van der Waals surface area contributed by atoms with Crippen molar-refractivity contribution in [1.82, 2.24) is 28.5 Å². The molecular weight excluding hydrogens is 653 g/mol.